The summed E-state index contributed by atoms with van der Waals surface area (Å²) in [6.45, 7) is 4.48. The average molecular weight is 260 g/mol. The van der Waals surface area contributed by atoms with Gasteiger partial charge in [0.25, 0.3) is 0 Å². The second-order valence-electron chi connectivity index (χ2n) is 4.24. The largest absolute Gasteiger partial charge is 0.350 e. The quantitative estimate of drug-likeness (QED) is 0.918. The zero-order valence-electron chi connectivity index (χ0n) is 10.6. The summed E-state index contributed by atoms with van der Waals surface area (Å²) in [5.74, 6) is 0.0418. The number of hydrogen-bond donors (Lipinski definition) is 1. The van der Waals surface area contributed by atoms with Gasteiger partial charge >= 0.3 is 0 Å². The van der Waals surface area contributed by atoms with Crippen LogP contribution in [0.5, 0.6) is 0 Å². The second kappa shape index (κ2) is 5.78. The van der Waals surface area contributed by atoms with Crippen molar-refractivity contribution >= 4 is 17.2 Å². The zero-order chi connectivity index (χ0) is 13.0. The second-order valence-corrected chi connectivity index (χ2v) is 5.61. The molecule has 4 heteroatoms. The van der Waals surface area contributed by atoms with Gasteiger partial charge in [-0.3, -0.25) is 9.78 Å². The Kier molecular flexibility index (Phi) is 4.10. The van der Waals surface area contributed by atoms with Crippen LogP contribution in [0.15, 0.2) is 30.3 Å². The first-order valence-corrected chi connectivity index (χ1v) is 6.69. The highest BCUT2D eigenvalue weighted by Gasteiger charge is 2.05. The molecule has 1 N–H and O–H groups in total. The van der Waals surface area contributed by atoms with Crippen molar-refractivity contribution in [2.24, 2.45) is 0 Å². The van der Waals surface area contributed by atoms with Gasteiger partial charge in [-0.25, -0.2) is 0 Å². The van der Waals surface area contributed by atoms with Crippen molar-refractivity contribution in [1.82, 2.24) is 10.3 Å². The molecule has 0 aliphatic heterocycles. The normalized spacial score (nSPS) is 10.3. The Morgan fingerprint density at radius 2 is 2.11 bits per heavy atom. The summed E-state index contributed by atoms with van der Waals surface area (Å²) < 4.78 is 0. The number of nitrogens with one attached hydrogen (secondary N) is 1. The molecule has 0 aliphatic carbocycles. The predicted octanol–water partition coefficient (Wildman–Crippen LogP) is 2.62. The molecule has 0 spiro atoms. The molecule has 2 aromatic heterocycles. The number of nitrogens with zero attached hydrogens (tertiary/aromatic N) is 1. The standard InChI is InChI=1S/C14H16N2OS/c1-10-4-3-5-12(16-10)9-15-14(17)8-13-7-6-11(2)18-13/h3-7H,8-9H2,1-2H3,(H,15,17). The van der Waals surface area contributed by atoms with Gasteiger partial charge in [0.05, 0.1) is 18.7 Å². The molecule has 0 saturated carbocycles. The molecular formula is C14H16N2OS. The Morgan fingerprint density at radius 3 is 2.78 bits per heavy atom. The molecule has 0 radical (unpaired) electrons. The lowest BCUT2D eigenvalue weighted by molar-refractivity contribution is -0.120. The van der Waals surface area contributed by atoms with Crippen LogP contribution >= 0.6 is 11.3 Å². The topological polar surface area (TPSA) is 42.0 Å². The van der Waals surface area contributed by atoms with Gasteiger partial charge in [-0.15, -0.1) is 11.3 Å². The summed E-state index contributed by atoms with van der Waals surface area (Å²) in [6.07, 6.45) is 0.449. The Morgan fingerprint density at radius 1 is 1.28 bits per heavy atom. The molecule has 2 heterocycles. The predicted molar refractivity (Wildman–Crippen MR) is 73.6 cm³/mol. The minimum absolute atomic E-state index is 0.0418. The summed E-state index contributed by atoms with van der Waals surface area (Å²) in [7, 11) is 0. The lowest BCUT2D eigenvalue weighted by atomic mass is 10.3. The molecule has 0 unspecified atom stereocenters. The highest BCUT2D eigenvalue weighted by Crippen LogP contribution is 2.15. The van der Waals surface area contributed by atoms with E-state index in [1.165, 1.54) is 4.88 Å². The molecule has 2 rings (SSSR count). The summed E-state index contributed by atoms with van der Waals surface area (Å²) in [5, 5.41) is 2.89. The fourth-order valence-corrected chi connectivity index (χ4v) is 2.58. The molecule has 94 valence electrons. The van der Waals surface area contributed by atoms with E-state index in [0.717, 1.165) is 16.3 Å². The lowest BCUT2D eigenvalue weighted by Gasteiger charge is -2.04. The van der Waals surface area contributed by atoms with Gasteiger partial charge in [0, 0.05) is 15.4 Å². The highest BCUT2D eigenvalue weighted by molar-refractivity contribution is 7.12. The van der Waals surface area contributed by atoms with Crippen molar-refractivity contribution in [2.45, 2.75) is 26.8 Å². The molecule has 3 nitrogen and oxygen atoms in total. The van der Waals surface area contributed by atoms with Gasteiger partial charge in [0.2, 0.25) is 5.91 Å². The first kappa shape index (κ1) is 12.8. The number of carbonyl (C=O) groups is 1. The fraction of sp³-hybridized carbons (Fsp3) is 0.286. The van der Waals surface area contributed by atoms with Gasteiger partial charge < -0.3 is 5.32 Å². The van der Waals surface area contributed by atoms with E-state index in [9.17, 15) is 4.79 Å². The van der Waals surface area contributed by atoms with Crippen LogP contribution in [0.3, 0.4) is 0 Å². The van der Waals surface area contributed by atoms with Crippen LogP contribution in [0.4, 0.5) is 0 Å². The van der Waals surface area contributed by atoms with Crippen LogP contribution in [0.1, 0.15) is 21.1 Å². The van der Waals surface area contributed by atoms with E-state index in [4.69, 9.17) is 0 Å². The van der Waals surface area contributed by atoms with Crippen LogP contribution in [0.2, 0.25) is 0 Å². The fourth-order valence-electron chi connectivity index (χ4n) is 1.69. The molecule has 0 aliphatic rings. The molecule has 0 fully saturated rings. The van der Waals surface area contributed by atoms with Gasteiger partial charge in [-0.2, -0.15) is 0 Å². The Balaban J connectivity index is 1.85. The van der Waals surface area contributed by atoms with Crippen molar-refractivity contribution in [1.29, 1.82) is 0 Å². The third-order valence-electron chi connectivity index (χ3n) is 2.54. The Labute approximate surface area is 111 Å². The molecule has 2 aromatic rings. The third kappa shape index (κ3) is 3.67. The van der Waals surface area contributed by atoms with Gasteiger partial charge in [-0.05, 0) is 38.1 Å². The van der Waals surface area contributed by atoms with Crippen molar-refractivity contribution in [2.75, 3.05) is 0 Å². The minimum atomic E-state index is 0.0418. The van der Waals surface area contributed by atoms with Crippen LogP contribution < -0.4 is 5.32 Å². The van der Waals surface area contributed by atoms with Crippen LogP contribution in [0.25, 0.3) is 0 Å². The van der Waals surface area contributed by atoms with Crippen molar-refractivity contribution < 1.29 is 4.79 Å². The number of aromatic nitrogens is 1. The zero-order valence-corrected chi connectivity index (χ0v) is 11.4. The van der Waals surface area contributed by atoms with Gasteiger partial charge in [-0.1, -0.05) is 6.07 Å². The number of thiophene rings is 1. The molecule has 18 heavy (non-hydrogen) atoms. The van der Waals surface area contributed by atoms with E-state index in [1.54, 1.807) is 11.3 Å². The third-order valence-corrected chi connectivity index (χ3v) is 3.54. The number of rotatable bonds is 4. The Bertz CT molecular complexity index is 548. The highest BCUT2D eigenvalue weighted by atomic mass is 32.1. The first-order valence-electron chi connectivity index (χ1n) is 5.88. The van der Waals surface area contributed by atoms with E-state index in [2.05, 4.69) is 10.3 Å². The molecule has 0 saturated heterocycles. The van der Waals surface area contributed by atoms with Crippen LogP contribution in [-0.4, -0.2) is 10.9 Å². The molecule has 1 amide bonds. The SMILES string of the molecule is Cc1cccc(CNC(=O)Cc2ccc(C)s2)n1. The van der Waals surface area contributed by atoms with Gasteiger partial charge in [0.1, 0.15) is 0 Å². The summed E-state index contributed by atoms with van der Waals surface area (Å²) in [5.41, 5.74) is 1.86. The number of amides is 1. The summed E-state index contributed by atoms with van der Waals surface area (Å²) >= 11 is 1.66. The molecular weight excluding hydrogens is 244 g/mol. The lowest BCUT2D eigenvalue weighted by Crippen LogP contribution is -2.24. The number of pyridine rings is 1. The maximum atomic E-state index is 11.7. The molecule has 0 aromatic carbocycles. The maximum absolute atomic E-state index is 11.7. The van der Waals surface area contributed by atoms with E-state index in [0.29, 0.717) is 13.0 Å². The first-order chi connectivity index (χ1) is 8.63. The van der Waals surface area contributed by atoms with Crippen LogP contribution in [0, 0.1) is 13.8 Å². The van der Waals surface area contributed by atoms with Crippen molar-refractivity contribution in [3.05, 3.63) is 51.5 Å². The van der Waals surface area contributed by atoms with E-state index in [1.807, 2.05) is 44.2 Å². The average Bonchev–Trinajstić information content (AvgIpc) is 2.72. The molecule has 0 bridgehead atoms. The van der Waals surface area contributed by atoms with Crippen molar-refractivity contribution in [3.63, 3.8) is 0 Å². The summed E-state index contributed by atoms with van der Waals surface area (Å²) in [6, 6.07) is 9.86. The number of aryl methyl sites for hydroxylation is 2. The number of carbonyl (C=O) groups excluding carboxylic acids is 1. The molecule has 0 atom stereocenters. The van der Waals surface area contributed by atoms with E-state index >= 15 is 0 Å². The minimum Gasteiger partial charge on any atom is -0.350 e. The smallest absolute Gasteiger partial charge is 0.225 e. The van der Waals surface area contributed by atoms with E-state index < -0.39 is 0 Å². The van der Waals surface area contributed by atoms with Crippen LogP contribution in [-0.2, 0) is 17.8 Å². The number of hydrogen-bond acceptors (Lipinski definition) is 3. The monoisotopic (exact) mass is 260 g/mol. The Hall–Kier alpha value is -1.68. The summed E-state index contributed by atoms with van der Waals surface area (Å²) in [4.78, 5) is 18.4. The van der Waals surface area contributed by atoms with E-state index in [-0.39, 0.29) is 5.91 Å². The van der Waals surface area contributed by atoms with Gasteiger partial charge in [0.15, 0.2) is 0 Å². The van der Waals surface area contributed by atoms with Crippen molar-refractivity contribution in [3.8, 4) is 0 Å². The maximum Gasteiger partial charge on any atom is 0.225 e.